The molecule has 1 heterocycles. The van der Waals surface area contributed by atoms with Crippen LogP contribution in [0, 0.1) is 0 Å². The number of thiol groups is 1. The van der Waals surface area contributed by atoms with Crippen LogP contribution in [0.3, 0.4) is 0 Å². The fourth-order valence-corrected chi connectivity index (χ4v) is 3.27. The zero-order valence-corrected chi connectivity index (χ0v) is 17.8. The molecule has 0 aromatic carbocycles. The number of carbonyl (C=O) groups is 4. The molecule has 9 N–H and O–H groups in total. The number of nitrogens with two attached hydrogens (primary N) is 3. The number of nitrogens with zero attached hydrogens (tertiary/aromatic N) is 2. The minimum atomic E-state index is -1.21. The van der Waals surface area contributed by atoms with Gasteiger partial charge in [0.2, 0.25) is 17.7 Å². The molecule has 4 atom stereocenters. The molecule has 3 amide bonds. The summed E-state index contributed by atoms with van der Waals surface area (Å²) in [5.41, 5.74) is 16.2. The third-order valence-electron chi connectivity index (χ3n) is 4.61. The molecule has 0 aromatic rings. The number of aliphatic imine (C=N–C) groups is 1. The molecule has 170 valence electrons. The van der Waals surface area contributed by atoms with Gasteiger partial charge in [-0.2, -0.15) is 12.6 Å². The van der Waals surface area contributed by atoms with Gasteiger partial charge in [-0.15, -0.1) is 0 Å². The number of aliphatic carboxylic acids is 1. The van der Waals surface area contributed by atoms with Crippen molar-refractivity contribution in [2.24, 2.45) is 22.2 Å². The monoisotopic (exact) mass is 445 g/mol. The lowest BCUT2D eigenvalue weighted by Crippen LogP contribution is -2.56. The summed E-state index contributed by atoms with van der Waals surface area (Å²) in [6.07, 6.45) is 1.62. The quantitative estimate of drug-likeness (QED) is 0.0772. The van der Waals surface area contributed by atoms with Crippen LogP contribution in [0.4, 0.5) is 0 Å². The molecule has 0 aromatic heterocycles. The first-order valence-corrected chi connectivity index (χ1v) is 10.3. The molecule has 0 radical (unpaired) electrons. The van der Waals surface area contributed by atoms with E-state index >= 15 is 0 Å². The average Bonchev–Trinajstić information content (AvgIpc) is 3.16. The van der Waals surface area contributed by atoms with Gasteiger partial charge in [-0.05, 0) is 32.6 Å². The van der Waals surface area contributed by atoms with Gasteiger partial charge in [-0.25, -0.2) is 4.79 Å². The number of carboxylic acids is 1. The van der Waals surface area contributed by atoms with Gasteiger partial charge in [0.05, 0.1) is 6.04 Å². The summed E-state index contributed by atoms with van der Waals surface area (Å²) < 4.78 is 0. The average molecular weight is 446 g/mol. The molecule has 0 aliphatic carbocycles. The molecule has 0 spiro atoms. The van der Waals surface area contributed by atoms with Crippen molar-refractivity contribution >= 4 is 42.3 Å². The highest BCUT2D eigenvalue weighted by atomic mass is 32.1. The number of guanidine groups is 1. The Morgan fingerprint density at radius 2 is 1.90 bits per heavy atom. The first-order valence-electron chi connectivity index (χ1n) is 9.64. The number of carboxylic acid groups (broad SMARTS) is 1. The Balaban J connectivity index is 2.90. The summed E-state index contributed by atoms with van der Waals surface area (Å²) in [5, 5.41) is 14.1. The van der Waals surface area contributed by atoms with Crippen LogP contribution in [-0.2, 0) is 19.2 Å². The predicted octanol–water partition coefficient (Wildman–Crippen LogP) is -2.64. The van der Waals surface area contributed by atoms with Crippen LogP contribution in [0.5, 0.6) is 0 Å². The summed E-state index contributed by atoms with van der Waals surface area (Å²) in [7, 11) is 0. The summed E-state index contributed by atoms with van der Waals surface area (Å²) >= 11 is 3.92. The summed E-state index contributed by atoms with van der Waals surface area (Å²) in [4.78, 5) is 54.1. The zero-order chi connectivity index (χ0) is 22.8. The largest absolute Gasteiger partial charge is 0.480 e. The van der Waals surface area contributed by atoms with E-state index in [-0.39, 0.29) is 24.7 Å². The second kappa shape index (κ2) is 12.2. The molecule has 1 rings (SSSR count). The molecule has 1 saturated heterocycles. The SMILES string of the molecule is CC(N)C(=O)NC(CCCN=C(N)N)C(=O)N1CCCC1C(=O)NC(CS)C(=O)O. The number of nitrogens with one attached hydrogen (secondary N) is 2. The molecule has 13 heteroatoms. The third-order valence-corrected chi connectivity index (χ3v) is 4.97. The smallest absolute Gasteiger partial charge is 0.327 e. The highest BCUT2D eigenvalue weighted by Gasteiger charge is 2.38. The molecule has 1 fully saturated rings. The van der Waals surface area contributed by atoms with Crippen molar-refractivity contribution in [3.05, 3.63) is 0 Å². The van der Waals surface area contributed by atoms with E-state index in [0.717, 1.165) is 0 Å². The number of carbonyl (C=O) groups excluding carboxylic acids is 3. The van der Waals surface area contributed by atoms with Crippen LogP contribution in [0.2, 0.25) is 0 Å². The fraction of sp³-hybridized carbons (Fsp3) is 0.706. The minimum Gasteiger partial charge on any atom is -0.480 e. The van der Waals surface area contributed by atoms with E-state index in [1.54, 1.807) is 0 Å². The van der Waals surface area contributed by atoms with Crippen molar-refractivity contribution in [1.82, 2.24) is 15.5 Å². The van der Waals surface area contributed by atoms with Crippen molar-refractivity contribution in [1.29, 1.82) is 0 Å². The Morgan fingerprint density at radius 3 is 2.43 bits per heavy atom. The maximum absolute atomic E-state index is 13.1. The van der Waals surface area contributed by atoms with Crippen molar-refractivity contribution in [2.75, 3.05) is 18.8 Å². The molecular formula is C17H31N7O5S. The van der Waals surface area contributed by atoms with Crippen LogP contribution in [0.1, 0.15) is 32.6 Å². The number of likely N-dealkylation sites (tertiary alicyclic amines) is 1. The third kappa shape index (κ3) is 7.71. The number of rotatable bonds is 11. The maximum atomic E-state index is 13.1. The Labute approximate surface area is 180 Å². The van der Waals surface area contributed by atoms with Crippen LogP contribution in [0.15, 0.2) is 4.99 Å². The minimum absolute atomic E-state index is 0.0778. The maximum Gasteiger partial charge on any atom is 0.327 e. The molecule has 12 nitrogen and oxygen atoms in total. The molecule has 0 saturated carbocycles. The van der Waals surface area contributed by atoms with E-state index in [1.807, 2.05) is 0 Å². The Morgan fingerprint density at radius 1 is 1.23 bits per heavy atom. The lowest BCUT2D eigenvalue weighted by Gasteiger charge is -2.29. The Hall–Kier alpha value is -2.54. The standard InChI is InChI=1S/C17H31N7O5S/c1-9(18)13(25)22-10(4-2-6-21-17(19)20)15(27)24-7-3-5-12(24)14(26)23-11(8-30)16(28)29/h9-12,30H,2-8,18H2,1H3,(H,22,25)(H,23,26)(H,28,29)(H4,19,20,21). The van der Waals surface area contributed by atoms with Crippen molar-refractivity contribution in [2.45, 2.75) is 56.8 Å². The summed E-state index contributed by atoms with van der Waals surface area (Å²) in [6.45, 7) is 2.08. The van der Waals surface area contributed by atoms with E-state index in [2.05, 4.69) is 28.3 Å². The van der Waals surface area contributed by atoms with Gasteiger partial charge >= 0.3 is 5.97 Å². The van der Waals surface area contributed by atoms with Gasteiger partial charge in [0.15, 0.2) is 5.96 Å². The van der Waals surface area contributed by atoms with Crippen LogP contribution < -0.4 is 27.8 Å². The zero-order valence-electron chi connectivity index (χ0n) is 16.9. The molecule has 30 heavy (non-hydrogen) atoms. The van der Waals surface area contributed by atoms with Crippen molar-refractivity contribution in [3.8, 4) is 0 Å². The second-order valence-corrected chi connectivity index (χ2v) is 7.44. The molecule has 1 aliphatic rings. The topological polar surface area (TPSA) is 206 Å². The van der Waals surface area contributed by atoms with Gasteiger partial charge in [0.25, 0.3) is 0 Å². The van der Waals surface area contributed by atoms with Crippen LogP contribution >= 0.6 is 12.6 Å². The predicted molar refractivity (Wildman–Crippen MR) is 114 cm³/mol. The van der Waals surface area contributed by atoms with E-state index in [0.29, 0.717) is 25.8 Å². The van der Waals surface area contributed by atoms with Gasteiger partial charge < -0.3 is 37.8 Å². The summed E-state index contributed by atoms with van der Waals surface area (Å²) in [6, 6.07) is -3.72. The highest BCUT2D eigenvalue weighted by Crippen LogP contribution is 2.20. The van der Waals surface area contributed by atoms with Gasteiger partial charge in [-0.1, -0.05) is 0 Å². The molecule has 1 aliphatic heterocycles. The summed E-state index contributed by atoms with van der Waals surface area (Å²) in [5.74, 6) is -2.89. The molecule has 0 bridgehead atoms. The first-order chi connectivity index (χ1) is 14.1. The van der Waals surface area contributed by atoms with E-state index in [1.165, 1.54) is 11.8 Å². The van der Waals surface area contributed by atoms with E-state index < -0.39 is 47.9 Å². The Bertz CT molecular complexity index is 669. The second-order valence-electron chi connectivity index (χ2n) is 7.07. The number of hydrogen-bond donors (Lipinski definition) is 7. The van der Waals surface area contributed by atoms with Gasteiger partial charge in [0.1, 0.15) is 18.1 Å². The number of amides is 3. The van der Waals surface area contributed by atoms with Crippen molar-refractivity contribution < 1.29 is 24.3 Å². The van der Waals surface area contributed by atoms with Crippen molar-refractivity contribution in [3.63, 3.8) is 0 Å². The lowest BCUT2D eigenvalue weighted by molar-refractivity contribution is -0.144. The fourth-order valence-electron chi connectivity index (χ4n) is 3.02. The normalized spacial score (nSPS) is 18.8. The Kier molecular flexibility index (Phi) is 10.4. The van der Waals surface area contributed by atoms with Gasteiger partial charge in [-0.3, -0.25) is 19.4 Å². The first kappa shape index (κ1) is 25.5. The molecule has 4 unspecified atom stereocenters. The lowest BCUT2D eigenvalue weighted by atomic mass is 10.1. The van der Waals surface area contributed by atoms with Gasteiger partial charge in [0, 0.05) is 18.8 Å². The molecular weight excluding hydrogens is 414 g/mol. The highest BCUT2D eigenvalue weighted by molar-refractivity contribution is 7.80. The van der Waals surface area contributed by atoms with Crippen LogP contribution in [-0.4, -0.2) is 82.7 Å². The van der Waals surface area contributed by atoms with E-state index in [9.17, 15) is 19.2 Å². The number of hydrogen-bond acceptors (Lipinski definition) is 7. The van der Waals surface area contributed by atoms with Crippen LogP contribution in [0.25, 0.3) is 0 Å². The van der Waals surface area contributed by atoms with E-state index in [4.69, 9.17) is 22.3 Å².